The first-order chi connectivity index (χ1) is 8.74. The Labute approximate surface area is 113 Å². The molecule has 1 heterocycles. The van der Waals surface area contributed by atoms with Gasteiger partial charge in [-0.1, -0.05) is 37.3 Å². The minimum atomic E-state index is -0.432. The van der Waals surface area contributed by atoms with E-state index < -0.39 is 6.10 Å². The zero-order valence-corrected chi connectivity index (χ0v) is 11.2. The van der Waals surface area contributed by atoms with Crippen molar-refractivity contribution >= 4 is 11.6 Å². The summed E-state index contributed by atoms with van der Waals surface area (Å²) < 4.78 is 5.65. The summed E-state index contributed by atoms with van der Waals surface area (Å²) in [5.74, 6) is 1.54. The van der Waals surface area contributed by atoms with Gasteiger partial charge in [-0.25, -0.2) is 0 Å². The van der Waals surface area contributed by atoms with Crippen LogP contribution in [0.2, 0.25) is 5.02 Å². The summed E-state index contributed by atoms with van der Waals surface area (Å²) in [5, 5.41) is 11.1. The second-order valence-electron chi connectivity index (χ2n) is 5.48. The molecule has 1 atom stereocenters. The van der Waals surface area contributed by atoms with Gasteiger partial charge in [-0.15, -0.1) is 0 Å². The van der Waals surface area contributed by atoms with E-state index in [4.69, 9.17) is 16.3 Å². The van der Waals surface area contributed by atoms with Crippen molar-refractivity contribution in [2.75, 3.05) is 6.61 Å². The van der Waals surface area contributed by atoms with Gasteiger partial charge >= 0.3 is 0 Å². The molecule has 0 spiro atoms. The van der Waals surface area contributed by atoms with E-state index in [1.807, 2.05) is 12.1 Å². The molecular weight excluding hydrogens is 248 g/mol. The van der Waals surface area contributed by atoms with Crippen molar-refractivity contribution in [3.63, 3.8) is 0 Å². The van der Waals surface area contributed by atoms with Gasteiger partial charge in [0.2, 0.25) is 0 Å². The first-order valence-corrected chi connectivity index (χ1v) is 7.25. The monoisotopic (exact) mass is 266 g/mol. The van der Waals surface area contributed by atoms with Gasteiger partial charge in [0.1, 0.15) is 5.75 Å². The van der Waals surface area contributed by atoms with E-state index in [-0.39, 0.29) is 0 Å². The highest BCUT2D eigenvalue weighted by molar-refractivity contribution is 6.30. The maximum Gasteiger partial charge on any atom is 0.128 e. The van der Waals surface area contributed by atoms with Crippen molar-refractivity contribution in [1.82, 2.24) is 0 Å². The van der Waals surface area contributed by atoms with Crippen LogP contribution < -0.4 is 4.74 Å². The summed E-state index contributed by atoms with van der Waals surface area (Å²) in [6.07, 6.45) is 6.43. The predicted molar refractivity (Wildman–Crippen MR) is 72.2 cm³/mol. The Morgan fingerprint density at radius 2 is 2.11 bits per heavy atom. The number of aliphatic hydroxyl groups excluding tert-OH is 1. The van der Waals surface area contributed by atoms with E-state index in [2.05, 4.69) is 0 Å². The van der Waals surface area contributed by atoms with Crippen LogP contribution in [0, 0.1) is 5.92 Å². The Morgan fingerprint density at radius 3 is 2.89 bits per heavy atom. The summed E-state index contributed by atoms with van der Waals surface area (Å²) in [6, 6.07) is 3.82. The molecule has 0 aromatic heterocycles. The lowest BCUT2D eigenvalue weighted by Gasteiger charge is -2.18. The molecule has 1 aromatic carbocycles. The maximum absolute atomic E-state index is 10.4. The minimum Gasteiger partial charge on any atom is -0.493 e. The molecule has 1 aliphatic carbocycles. The molecule has 1 N–H and O–H groups in total. The minimum absolute atomic E-state index is 0.432. The van der Waals surface area contributed by atoms with Crippen LogP contribution >= 0.6 is 11.6 Å². The second kappa shape index (κ2) is 5.10. The highest BCUT2D eigenvalue weighted by Gasteiger charge is 2.25. The summed E-state index contributed by atoms with van der Waals surface area (Å²) in [7, 11) is 0. The molecule has 1 saturated carbocycles. The Hall–Kier alpha value is -0.730. The lowest BCUT2D eigenvalue weighted by atomic mass is 9.94. The molecule has 0 saturated heterocycles. The van der Waals surface area contributed by atoms with Gasteiger partial charge in [0.05, 0.1) is 12.7 Å². The molecule has 0 radical (unpaired) electrons. The van der Waals surface area contributed by atoms with E-state index in [0.29, 0.717) is 17.5 Å². The van der Waals surface area contributed by atoms with Crippen LogP contribution in [-0.2, 0) is 6.42 Å². The number of halogens is 1. The van der Waals surface area contributed by atoms with Gasteiger partial charge in [-0.05, 0) is 30.0 Å². The van der Waals surface area contributed by atoms with Crippen LogP contribution in [0.15, 0.2) is 12.1 Å². The average Bonchev–Trinajstić information content (AvgIpc) is 2.97. The van der Waals surface area contributed by atoms with E-state index >= 15 is 0 Å². The molecule has 2 nitrogen and oxygen atoms in total. The third-order valence-electron chi connectivity index (χ3n) is 4.17. The van der Waals surface area contributed by atoms with Crippen molar-refractivity contribution in [1.29, 1.82) is 0 Å². The van der Waals surface area contributed by atoms with Crippen LogP contribution in [-0.4, -0.2) is 11.7 Å². The number of aliphatic hydroxyl groups is 1. The normalized spacial score (nSPS) is 20.8. The fourth-order valence-electron chi connectivity index (χ4n) is 3.23. The molecule has 0 amide bonds. The zero-order chi connectivity index (χ0) is 12.5. The Kier molecular flexibility index (Phi) is 3.49. The second-order valence-corrected chi connectivity index (χ2v) is 5.92. The molecule has 98 valence electrons. The van der Waals surface area contributed by atoms with Crippen LogP contribution in [0.5, 0.6) is 5.75 Å². The van der Waals surface area contributed by atoms with Crippen molar-refractivity contribution in [2.45, 2.75) is 44.6 Å². The third-order valence-corrected chi connectivity index (χ3v) is 4.39. The Bertz CT molecular complexity index is 438. The number of hydrogen-bond acceptors (Lipinski definition) is 2. The highest BCUT2D eigenvalue weighted by Crippen LogP contribution is 2.40. The van der Waals surface area contributed by atoms with Gasteiger partial charge in [0.25, 0.3) is 0 Å². The third kappa shape index (κ3) is 2.36. The van der Waals surface area contributed by atoms with Crippen molar-refractivity contribution < 1.29 is 9.84 Å². The molecule has 3 rings (SSSR count). The van der Waals surface area contributed by atoms with E-state index in [1.165, 1.54) is 25.7 Å². The van der Waals surface area contributed by atoms with Crippen molar-refractivity contribution in [2.24, 2.45) is 5.92 Å². The SMILES string of the molecule is OC(CC1CCCC1)c1cc(Cl)cc2c1OCC2. The standard InChI is InChI=1S/C15H19ClO2/c16-12-8-11-5-6-18-15(11)13(9-12)14(17)7-10-3-1-2-4-10/h8-10,14,17H,1-7H2. The summed E-state index contributed by atoms with van der Waals surface area (Å²) in [6.45, 7) is 0.707. The zero-order valence-electron chi connectivity index (χ0n) is 10.5. The van der Waals surface area contributed by atoms with Gasteiger partial charge in [-0.2, -0.15) is 0 Å². The number of benzene rings is 1. The number of fused-ring (bicyclic) bond motifs is 1. The highest BCUT2D eigenvalue weighted by atomic mass is 35.5. The molecule has 2 aliphatic rings. The quantitative estimate of drug-likeness (QED) is 0.899. The molecule has 1 aromatic rings. The molecule has 0 bridgehead atoms. The van der Waals surface area contributed by atoms with Crippen molar-refractivity contribution in [3.05, 3.63) is 28.3 Å². The van der Waals surface area contributed by atoms with E-state index in [9.17, 15) is 5.11 Å². The summed E-state index contributed by atoms with van der Waals surface area (Å²) >= 11 is 6.12. The molecule has 1 aliphatic heterocycles. The summed E-state index contributed by atoms with van der Waals surface area (Å²) in [4.78, 5) is 0. The molecular formula is C15H19ClO2. The van der Waals surface area contributed by atoms with Gasteiger partial charge in [0.15, 0.2) is 0 Å². The lowest BCUT2D eigenvalue weighted by Crippen LogP contribution is -2.06. The van der Waals surface area contributed by atoms with Crippen LogP contribution in [0.1, 0.15) is 49.3 Å². The molecule has 1 unspecified atom stereocenters. The first-order valence-electron chi connectivity index (χ1n) is 6.87. The fraction of sp³-hybridized carbons (Fsp3) is 0.600. The summed E-state index contributed by atoms with van der Waals surface area (Å²) in [5.41, 5.74) is 2.03. The molecule has 1 fully saturated rings. The Morgan fingerprint density at radius 1 is 1.33 bits per heavy atom. The van der Waals surface area contributed by atoms with Crippen LogP contribution in [0.3, 0.4) is 0 Å². The van der Waals surface area contributed by atoms with Gasteiger partial charge in [0, 0.05) is 17.0 Å². The first kappa shape index (κ1) is 12.3. The van der Waals surface area contributed by atoms with Gasteiger partial charge < -0.3 is 9.84 Å². The largest absolute Gasteiger partial charge is 0.493 e. The van der Waals surface area contributed by atoms with E-state index in [1.54, 1.807) is 0 Å². The van der Waals surface area contributed by atoms with Crippen LogP contribution in [0.4, 0.5) is 0 Å². The molecule has 18 heavy (non-hydrogen) atoms. The van der Waals surface area contributed by atoms with Crippen molar-refractivity contribution in [3.8, 4) is 5.75 Å². The Balaban J connectivity index is 1.82. The van der Waals surface area contributed by atoms with Gasteiger partial charge in [-0.3, -0.25) is 0 Å². The number of hydrogen-bond donors (Lipinski definition) is 1. The number of ether oxygens (including phenoxy) is 1. The van der Waals surface area contributed by atoms with Crippen LogP contribution in [0.25, 0.3) is 0 Å². The molecule has 3 heteroatoms. The number of rotatable bonds is 3. The lowest BCUT2D eigenvalue weighted by molar-refractivity contribution is 0.141. The fourth-order valence-corrected chi connectivity index (χ4v) is 3.48. The topological polar surface area (TPSA) is 29.5 Å². The smallest absolute Gasteiger partial charge is 0.128 e. The predicted octanol–water partition coefficient (Wildman–Crippen LogP) is 3.89. The average molecular weight is 267 g/mol. The van der Waals surface area contributed by atoms with E-state index in [0.717, 1.165) is 29.7 Å². The maximum atomic E-state index is 10.4.